The zero-order chi connectivity index (χ0) is 11.0. The fourth-order valence-corrected chi connectivity index (χ4v) is 2.47. The van der Waals surface area contributed by atoms with E-state index in [9.17, 15) is 0 Å². The van der Waals surface area contributed by atoms with Crippen LogP contribution < -0.4 is 5.32 Å². The van der Waals surface area contributed by atoms with Crippen LogP contribution in [0.4, 0.5) is 0 Å². The number of aromatic nitrogens is 2. The highest BCUT2D eigenvalue weighted by atomic mass is 15.3. The molecular weight excluding hydrogens is 200 g/mol. The average molecular weight is 220 g/mol. The standard InChI is InChI=1S/C12H20N4/c1-15-6-4-12(14-15)9-16-7-5-11(8-16)13-10-2-3-10/h4,6,10-11,13H,2-3,5,7-9H2,1H3. The zero-order valence-corrected chi connectivity index (χ0v) is 9.89. The van der Waals surface area contributed by atoms with Crippen molar-refractivity contribution in [2.75, 3.05) is 13.1 Å². The lowest BCUT2D eigenvalue weighted by atomic mass is 10.2. The van der Waals surface area contributed by atoms with Crippen molar-refractivity contribution in [2.45, 2.75) is 37.9 Å². The number of likely N-dealkylation sites (tertiary alicyclic amines) is 1. The van der Waals surface area contributed by atoms with Gasteiger partial charge in [-0.25, -0.2) is 0 Å². The molecule has 4 heteroatoms. The molecule has 1 aromatic rings. The molecule has 1 unspecified atom stereocenters. The van der Waals surface area contributed by atoms with Crippen molar-refractivity contribution < 1.29 is 0 Å². The lowest BCUT2D eigenvalue weighted by molar-refractivity contribution is 0.315. The van der Waals surface area contributed by atoms with Crippen molar-refractivity contribution >= 4 is 0 Å². The quantitative estimate of drug-likeness (QED) is 0.812. The van der Waals surface area contributed by atoms with Crippen LogP contribution in [-0.2, 0) is 13.6 Å². The maximum absolute atomic E-state index is 4.43. The van der Waals surface area contributed by atoms with E-state index in [0.29, 0.717) is 0 Å². The second kappa shape index (κ2) is 4.18. The second-order valence-corrected chi connectivity index (χ2v) is 5.14. The molecule has 1 aromatic heterocycles. The van der Waals surface area contributed by atoms with Crippen LogP contribution in [0.25, 0.3) is 0 Å². The number of nitrogens with one attached hydrogen (secondary N) is 1. The summed E-state index contributed by atoms with van der Waals surface area (Å²) in [4.78, 5) is 2.50. The summed E-state index contributed by atoms with van der Waals surface area (Å²) in [5.41, 5.74) is 1.19. The molecule has 1 atom stereocenters. The number of hydrogen-bond acceptors (Lipinski definition) is 3. The zero-order valence-electron chi connectivity index (χ0n) is 9.89. The van der Waals surface area contributed by atoms with Gasteiger partial charge in [0.25, 0.3) is 0 Å². The molecule has 16 heavy (non-hydrogen) atoms. The predicted octanol–water partition coefficient (Wildman–Crippen LogP) is 0.746. The maximum atomic E-state index is 4.43. The van der Waals surface area contributed by atoms with Crippen LogP contribution in [0.3, 0.4) is 0 Å². The van der Waals surface area contributed by atoms with E-state index in [4.69, 9.17) is 0 Å². The molecule has 4 nitrogen and oxygen atoms in total. The van der Waals surface area contributed by atoms with E-state index in [1.807, 2.05) is 17.9 Å². The Kier molecular flexibility index (Phi) is 2.69. The SMILES string of the molecule is Cn1ccc(CN2CCC(NC3CC3)C2)n1. The van der Waals surface area contributed by atoms with Gasteiger partial charge in [0.2, 0.25) is 0 Å². The summed E-state index contributed by atoms with van der Waals surface area (Å²) >= 11 is 0. The van der Waals surface area contributed by atoms with Crippen molar-refractivity contribution in [3.05, 3.63) is 18.0 Å². The van der Waals surface area contributed by atoms with Gasteiger partial charge in [0.1, 0.15) is 0 Å². The van der Waals surface area contributed by atoms with E-state index < -0.39 is 0 Å². The number of aryl methyl sites for hydroxylation is 1. The lowest BCUT2D eigenvalue weighted by Crippen LogP contribution is -2.33. The van der Waals surface area contributed by atoms with Gasteiger partial charge in [0.05, 0.1) is 5.69 Å². The van der Waals surface area contributed by atoms with Gasteiger partial charge >= 0.3 is 0 Å². The highest BCUT2D eigenvalue weighted by molar-refractivity contribution is 5.00. The van der Waals surface area contributed by atoms with E-state index in [-0.39, 0.29) is 0 Å². The van der Waals surface area contributed by atoms with Crippen LogP contribution in [-0.4, -0.2) is 39.9 Å². The molecule has 88 valence electrons. The van der Waals surface area contributed by atoms with Gasteiger partial charge in [-0.2, -0.15) is 5.10 Å². The third kappa shape index (κ3) is 2.44. The first-order chi connectivity index (χ1) is 7.79. The van der Waals surface area contributed by atoms with Crippen molar-refractivity contribution in [1.82, 2.24) is 20.0 Å². The smallest absolute Gasteiger partial charge is 0.0764 e. The molecule has 1 saturated heterocycles. The van der Waals surface area contributed by atoms with E-state index in [1.54, 1.807) is 0 Å². The summed E-state index contributed by atoms with van der Waals surface area (Å²) in [5.74, 6) is 0. The molecule has 1 N–H and O–H groups in total. The number of rotatable bonds is 4. The number of hydrogen-bond donors (Lipinski definition) is 1. The van der Waals surface area contributed by atoms with Crippen LogP contribution in [0.2, 0.25) is 0 Å². The molecule has 2 fully saturated rings. The molecule has 2 aliphatic rings. The fourth-order valence-electron chi connectivity index (χ4n) is 2.47. The molecule has 3 rings (SSSR count). The van der Waals surface area contributed by atoms with Crippen LogP contribution in [0.15, 0.2) is 12.3 Å². The van der Waals surface area contributed by atoms with Gasteiger partial charge in [-0.15, -0.1) is 0 Å². The molecule has 0 aromatic carbocycles. The minimum Gasteiger partial charge on any atom is -0.310 e. The Labute approximate surface area is 96.6 Å². The molecule has 0 spiro atoms. The Balaban J connectivity index is 1.49. The summed E-state index contributed by atoms with van der Waals surface area (Å²) in [5, 5.41) is 8.13. The highest BCUT2D eigenvalue weighted by Gasteiger charge is 2.29. The van der Waals surface area contributed by atoms with Gasteiger partial charge < -0.3 is 5.32 Å². The Bertz CT molecular complexity index is 356. The Morgan fingerprint density at radius 3 is 2.94 bits per heavy atom. The monoisotopic (exact) mass is 220 g/mol. The van der Waals surface area contributed by atoms with Gasteiger partial charge in [-0.05, 0) is 25.3 Å². The van der Waals surface area contributed by atoms with Crippen molar-refractivity contribution in [3.8, 4) is 0 Å². The van der Waals surface area contributed by atoms with Gasteiger partial charge in [0, 0.05) is 45.0 Å². The van der Waals surface area contributed by atoms with Crippen LogP contribution in [0.1, 0.15) is 25.0 Å². The third-order valence-corrected chi connectivity index (χ3v) is 3.48. The predicted molar refractivity (Wildman–Crippen MR) is 63.0 cm³/mol. The molecule has 1 saturated carbocycles. The average Bonchev–Trinajstić information content (AvgIpc) is 2.80. The van der Waals surface area contributed by atoms with Crippen LogP contribution in [0, 0.1) is 0 Å². The summed E-state index contributed by atoms with van der Waals surface area (Å²) in [6, 6.07) is 3.66. The maximum Gasteiger partial charge on any atom is 0.0764 e. The van der Waals surface area contributed by atoms with Crippen LogP contribution in [0.5, 0.6) is 0 Å². The third-order valence-electron chi connectivity index (χ3n) is 3.48. The molecule has 0 bridgehead atoms. The molecule has 2 heterocycles. The van der Waals surface area contributed by atoms with Crippen LogP contribution >= 0.6 is 0 Å². The van der Waals surface area contributed by atoms with E-state index in [0.717, 1.165) is 18.6 Å². The molecule has 1 aliphatic carbocycles. The Morgan fingerprint density at radius 2 is 2.25 bits per heavy atom. The largest absolute Gasteiger partial charge is 0.310 e. The van der Waals surface area contributed by atoms with Gasteiger partial charge in [0.15, 0.2) is 0 Å². The minimum absolute atomic E-state index is 0.719. The van der Waals surface area contributed by atoms with Gasteiger partial charge in [-0.3, -0.25) is 9.58 Å². The first-order valence-electron chi connectivity index (χ1n) is 6.26. The summed E-state index contributed by atoms with van der Waals surface area (Å²) in [6.07, 6.45) is 6.09. The summed E-state index contributed by atoms with van der Waals surface area (Å²) in [7, 11) is 1.98. The van der Waals surface area contributed by atoms with E-state index in [1.165, 1.54) is 38.0 Å². The molecule has 0 radical (unpaired) electrons. The first kappa shape index (κ1) is 10.3. The fraction of sp³-hybridized carbons (Fsp3) is 0.750. The minimum atomic E-state index is 0.719. The summed E-state index contributed by atoms with van der Waals surface area (Å²) < 4.78 is 1.88. The normalized spacial score (nSPS) is 26.4. The molecule has 0 amide bonds. The van der Waals surface area contributed by atoms with Crippen molar-refractivity contribution in [1.29, 1.82) is 0 Å². The number of nitrogens with zero attached hydrogens (tertiary/aromatic N) is 3. The van der Waals surface area contributed by atoms with Crippen molar-refractivity contribution in [2.24, 2.45) is 7.05 Å². The Hall–Kier alpha value is -0.870. The van der Waals surface area contributed by atoms with E-state index >= 15 is 0 Å². The lowest BCUT2D eigenvalue weighted by Gasteiger charge is -2.15. The Morgan fingerprint density at radius 1 is 1.38 bits per heavy atom. The topological polar surface area (TPSA) is 33.1 Å². The van der Waals surface area contributed by atoms with E-state index in [2.05, 4.69) is 21.4 Å². The first-order valence-corrected chi connectivity index (χ1v) is 6.26. The summed E-state index contributed by atoms with van der Waals surface area (Å²) in [6.45, 7) is 3.40. The highest BCUT2D eigenvalue weighted by Crippen LogP contribution is 2.22. The molecular formula is C12H20N4. The van der Waals surface area contributed by atoms with Gasteiger partial charge in [-0.1, -0.05) is 0 Å². The second-order valence-electron chi connectivity index (χ2n) is 5.14. The molecule has 1 aliphatic heterocycles. The van der Waals surface area contributed by atoms with Crippen molar-refractivity contribution in [3.63, 3.8) is 0 Å².